The summed E-state index contributed by atoms with van der Waals surface area (Å²) in [6, 6.07) is 8.38. The van der Waals surface area contributed by atoms with Crippen molar-refractivity contribution < 1.29 is 4.79 Å². The van der Waals surface area contributed by atoms with Gasteiger partial charge in [0.25, 0.3) is 0 Å². The lowest BCUT2D eigenvalue weighted by Gasteiger charge is -2.37. The number of thioether (sulfide) groups is 1. The van der Waals surface area contributed by atoms with Gasteiger partial charge in [0, 0.05) is 30.1 Å². The van der Waals surface area contributed by atoms with Crippen LogP contribution in [-0.4, -0.2) is 49.3 Å². The third-order valence-electron chi connectivity index (χ3n) is 4.49. The number of rotatable bonds is 4. The number of carbonyl (C=O) groups is 1. The van der Waals surface area contributed by atoms with Gasteiger partial charge in [-0.2, -0.15) is 16.9 Å². The van der Waals surface area contributed by atoms with Gasteiger partial charge >= 0.3 is 6.03 Å². The number of urea groups is 1. The summed E-state index contributed by atoms with van der Waals surface area (Å²) in [7, 11) is 0. The van der Waals surface area contributed by atoms with Crippen LogP contribution in [0.2, 0.25) is 0 Å². The summed E-state index contributed by atoms with van der Waals surface area (Å²) >= 11 is 1.93. The number of benzene rings is 1. The minimum atomic E-state index is 0.0187. The molecule has 2 amide bonds. The number of carbonyl (C=O) groups excluding carboxylic acids is 1. The highest BCUT2D eigenvalue weighted by atomic mass is 32.2. The van der Waals surface area contributed by atoms with Crippen molar-refractivity contribution in [3.8, 4) is 0 Å². The molecule has 0 saturated carbocycles. The number of nitrogens with zero attached hydrogens (tertiary/aromatic N) is 4. The number of hydrogen-bond donors (Lipinski definition) is 1. The van der Waals surface area contributed by atoms with Crippen molar-refractivity contribution in [3.05, 3.63) is 48.0 Å². The minimum absolute atomic E-state index is 0.0187. The smallest absolute Gasteiger partial charge is 0.317 e. The van der Waals surface area contributed by atoms with Crippen molar-refractivity contribution in [2.75, 3.05) is 12.3 Å². The van der Waals surface area contributed by atoms with Gasteiger partial charge in [0.2, 0.25) is 0 Å². The molecular weight excluding hydrogens is 322 g/mol. The van der Waals surface area contributed by atoms with E-state index < -0.39 is 0 Å². The Morgan fingerprint density at radius 3 is 2.88 bits per heavy atom. The molecule has 0 spiro atoms. The Balaban J connectivity index is 1.63. The fourth-order valence-electron chi connectivity index (χ4n) is 2.87. The SMILES string of the molecule is CC1SCCN(C(=O)NCc2ccccc2Cn2cncn2)C1C. The molecular formula is C17H23N5OS. The van der Waals surface area contributed by atoms with Crippen molar-refractivity contribution >= 4 is 17.8 Å². The van der Waals surface area contributed by atoms with Crippen LogP contribution >= 0.6 is 11.8 Å². The molecule has 1 saturated heterocycles. The quantitative estimate of drug-likeness (QED) is 0.924. The summed E-state index contributed by atoms with van der Waals surface area (Å²) in [4.78, 5) is 18.5. The molecule has 1 aromatic carbocycles. The van der Waals surface area contributed by atoms with Crippen LogP contribution in [0.3, 0.4) is 0 Å². The first-order valence-corrected chi connectivity index (χ1v) is 9.25. The summed E-state index contributed by atoms with van der Waals surface area (Å²) in [5.41, 5.74) is 2.24. The Morgan fingerprint density at radius 2 is 2.12 bits per heavy atom. The normalized spacial score (nSPS) is 20.8. The van der Waals surface area contributed by atoms with Crippen molar-refractivity contribution in [3.63, 3.8) is 0 Å². The van der Waals surface area contributed by atoms with Gasteiger partial charge in [-0.25, -0.2) is 14.5 Å². The average Bonchev–Trinajstić information content (AvgIpc) is 3.09. The number of amides is 2. The van der Waals surface area contributed by atoms with Crippen molar-refractivity contribution in [2.24, 2.45) is 0 Å². The Hall–Kier alpha value is -2.02. The third-order valence-corrected chi connectivity index (χ3v) is 5.83. The van der Waals surface area contributed by atoms with E-state index in [1.165, 1.54) is 6.33 Å². The van der Waals surface area contributed by atoms with Gasteiger partial charge in [0.1, 0.15) is 12.7 Å². The summed E-state index contributed by atoms with van der Waals surface area (Å²) < 4.78 is 1.78. The lowest BCUT2D eigenvalue weighted by atomic mass is 10.1. The minimum Gasteiger partial charge on any atom is -0.334 e. The van der Waals surface area contributed by atoms with E-state index in [2.05, 4.69) is 35.3 Å². The first-order chi connectivity index (χ1) is 11.6. The Bertz CT molecular complexity index is 675. The molecule has 1 aromatic heterocycles. The zero-order valence-electron chi connectivity index (χ0n) is 14.1. The predicted molar refractivity (Wildman–Crippen MR) is 95.9 cm³/mol. The molecule has 128 valence electrons. The lowest BCUT2D eigenvalue weighted by Crippen LogP contribution is -2.51. The molecule has 6 nitrogen and oxygen atoms in total. The van der Waals surface area contributed by atoms with Crippen LogP contribution in [0.15, 0.2) is 36.9 Å². The summed E-state index contributed by atoms with van der Waals surface area (Å²) in [5, 5.41) is 7.70. The van der Waals surface area contributed by atoms with Crippen LogP contribution in [0.1, 0.15) is 25.0 Å². The Labute approximate surface area is 146 Å². The highest BCUT2D eigenvalue weighted by molar-refractivity contribution is 8.00. The van der Waals surface area contributed by atoms with Crippen LogP contribution in [0, 0.1) is 0 Å². The first-order valence-electron chi connectivity index (χ1n) is 8.20. The highest BCUT2D eigenvalue weighted by Gasteiger charge is 2.28. The number of hydrogen-bond acceptors (Lipinski definition) is 4. The van der Waals surface area contributed by atoms with E-state index >= 15 is 0 Å². The van der Waals surface area contributed by atoms with Crippen LogP contribution in [0.5, 0.6) is 0 Å². The average molecular weight is 345 g/mol. The van der Waals surface area contributed by atoms with Crippen LogP contribution in [-0.2, 0) is 13.1 Å². The van der Waals surface area contributed by atoms with Crippen LogP contribution in [0.25, 0.3) is 0 Å². The molecule has 1 fully saturated rings. The summed E-state index contributed by atoms with van der Waals surface area (Å²) in [6.45, 7) is 6.29. The second kappa shape index (κ2) is 7.70. The van der Waals surface area contributed by atoms with Crippen LogP contribution < -0.4 is 5.32 Å². The molecule has 1 N–H and O–H groups in total. The molecule has 2 heterocycles. The fourth-order valence-corrected chi connectivity index (χ4v) is 3.96. The molecule has 2 unspecified atom stereocenters. The second-order valence-corrected chi connectivity index (χ2v) is 7.52. The van der Waals surface area contributed by atoms with Gasteiger partial charge in [0.15, 0.2) is 0 Å². The van der Waals surface area contributed by atoms with Crippen LogP contribution in [0.4, 0.5) is 4.79 Å². The Morgan fingerprint density at radius 1 is 1.33 bits per heavy atom. The molecule has 24 heavy (non-hydrogen) atoms. The second-order valence-electron chi connectivity index (χ2n) is 6.03. The standard InChI is InChI=1S/C17H23N5OS/c1-13-14(2)24-8-7-22(13)17(23)19-9-15-5-3-4-6-16(15)10-21-12-18-11-20-21/h3-6,11-14H,7-10H2,1-2H3,(H,19,23). The fraction of sp³-hybridized carbons (Fsp3) is 0.471. The molecule has 0 bridgehead atoms. The van der Waals surface area contributed by atoms with E-state index in [1.807, 2.05) is 34.9 Å². The maximum Gasteiger partial charge on any atom is 0.317 e. The molecule has 2 aromatic rings. The van der Waals surface area contributed by atoms with Crippen molar-refractivity contribution in [1.29, 1.82) is 0 Å². The zero-order valence-corrected chi connectivity index (χ0v) is 14.9. The largest absolute Gasteiger partial charge is 0.334 e. The summed E-state index contributed by atoms with van der Waals surface area (Å²) in [5.74, 6) is 1.00. The molecule has 1 aliphatic heterocycles. The van der Waals surface area contributed by atoms with E-state index in [1.54, 1.807) is 11.0 Å². The van der Waals surface area contributed by atoms with E-state index in [9.17, 15) is 4.79 Å². The van der Waals surface area contributed by atoms with Gasteiger partial charge in [-0.3, -0.25) is 0 Å². The monoisotopic (exact) mass is 345 g/mol. The van der Waals surface area contributed by atoms with Crippen molar-refractivity contribution in [2.45, 2.75) is 38.2 Å². The van der Waals surface area contributed by atoms with E-state index in [0.717, 1.165) is 23.4 Å². The van der Waals surface area contributed by atoms with Gasteiger partial charge in [-0.1, -0.05) is 31.2 Å². The molecule has 1 aliphatic rings. The van der Waals surface area contributed by atoms with Crippen molar-refractivity contribution in [1.82, 2.24) is 25.0 Å². The Kier molecular flexibility index (Phi) is 5.40. The maximum atomic E-state index is 12.5. The molecule has 7 heteroatoms. The number of aromatic nitrogens is 3. The molecule has 0 aliphatic carbocycles. The van der Waals surface area contributed by atoms with Gasteiger partial charge in [-0.05, 0) is 18.1 Å². The van der Waals surface area contributed by atoms with Gasteiger partial charge in [0.05, 0.1) is 6.54 Å². The molecule has 0 radical (unpaired) electrons. The molecule has 3 rings (SSSR count). The van der Waals surface area contributed by atoms with E-state index in [0.29, 0.717) is 18.3 Å². The number of nitrogens with one attached hydrogen (secondary N) is 1. The topological polar surface area (TPSA) is 63.1 Å². The van der Waals surface area contributed by atoms with Gasteiger partial charge < -0.3 is 10.2 Å². The predicted octanol–water partition coefficient (Wildman–Crippen LogP) is 2.36. The zero-order chi connectivity index (χ0) is 16.9. The van der Waals surface area contributed by atoms with E-state index in [4.69, 9.17) is 0 Å². The molecule has 2 atom stereocenters. The lowest BCUT2D eigenvalue weighted by molar-refractivity contribution is 0.180. The van der Waals surface area contributed by atoms with E-state index in [-0.39, 0.29) is 12.1 Å². The highest BCUT2D eigenvalue weighted by Crippen LogP contribution is 2.24. The maximum absolute atomic E-state index is 12.5. The first kappa shape index (κ1) is 16.8. The summed E-state index contributed by atoms with van der Waals surface area (Å²) in [6.07, 6.45) is 3.23. The third kappa shape index (κ3) is 3.90. The van der Waals surface area contributed by atoms with Gasteiger partial charge in [-0.15, -0.1) is 0 Å².